The van der Waals surface area contributed by atoms with Crippen LogP contribution in [0, 0.1) is 5.92 Å². The molecule has 6 nitrogen and oxygen atoms in total. The third-order valence-electron chi connectivity index (χ3n) is 5.40. The Morgan fingerprint density at radius 2 is 1.92 bits per heavy atom. The summed E-state index contributed by atoms with van der Waals surface area (Å²) in [5.74, 6) is 1.67. The molecule has 0 spiro atoms. The van der Waals surface area contributed by atoms with E-state index in [-0.39, 0.29) is 36.4 Å². The fourth-order valence-electron chi connectivity index (χ4n) is 3.52. The number of piperidine rings is 1. The molecular formula is C19H38IN5O. The molecule has 1 amide bonds. The molecule has 7 heteroatoms. The standard InChI is InChI=1S/C19H37N5O.HI/c1-5-16(2)21-19(20-13-18(25)22(3)4)24-12-9-17(15-24)14-23-10-7-6-8-11-23;/h16-17H,5-15H2,1-4H3,(H,20,21);1H. The Morgan fingerprint density at radius 3 is 2.54 bits per heavy atom. The molecule has 2 atom stereocenters. The predicted molar refractivity (Wildman–Crippen MR) is 119 cm³/mol. The summed E-state index contributed by atoms with van der Waals surface area (Å²) < 4.78 is 0. The average Bonchev–Trinajstić information content (AvgIpc) is 3.07. The first-order chi connectivity index (χ1) is 12.0. The van der Waals surface area contributed by atoms with Crippen molar-refractivity contribution >= 4 is 35.8 Å². The number of guanidine groups is 1. The van der Waals surface area contributed by atoms with Gasteiger partial charge in [0.05, 0.1) is 0 Å². The largest absolute Gasteiger partial charge is 0.354 e. The predicted octanol–water partition coefficient (Wildman–Crippen LogP) is 2.24. The number of rotatable bonds is 6. The summed E-state index contributed by atoms with van der Waals surface area (Å²) >= 11 is 0. The first kappa shape index (κ1) is 23.5. The maximum Gasteiger partial charge on any atom is 0.243 e. The van der Waals surface area contributed by atoms with Gasteiger partial charge in [0.1, 0.15) is 6.54 Å². The van der Waals surface area contributed by atoms with Crippen LogP contribution in [0.3, 0.4) is 0 Å². The van der Waals surface area contributed by atoms with Crippen molar-refractivity contribution in [2.24, 2.45) is 10.9 Å². The van der Waals surface area contributed by atoms with E-state index < -0.39 is 0 Å². The van der Waals surface area contributed by atoms with Crippen LogP contribution in [-0.4, -0.2) is 86.0 Å². The van der Waals surface area contributed by atoms with E-state index in [0.29, 0.717) is 12.0 Å². The van der Waals surface area contributed by atoms with Gasteiger partial charge in [0, 0.05) is 39.8 Å². The Bertz CT molecular complexity index is 451. The Balaban J connectivity index is 0.00000338. The van der Waals surface area contributed by atoms with Crippen molar-refractivity contribution in [1.29, 1.82) is 0 Å². The van der Waals surface area contributed by atoms with Crippen molar-refractivity contribution < 1.29 is 4.79 Å². The van der Waals surface area contributed by atoms with Gasteiger partial charge in [-0.25, -0.2) is 4.99 Å². The van der Waals surface area contributed by atoms with Crippen molar-refractivity contribution in [2.45, 2.75) is 52.0 Å². The number of halogens is 1. The molecular weight excluding hydrogens is 441 g/mol. The smallest absolute Gasteiger partial charge is 0.243 e. The highest BCUT2D eigenvalue weighted by Gasteiger charge is 2.27. The van der Waals surface area contributed by atoms with E-state index in [0.717, 1.165) is 25.5 Å². The summed E-state index contributed by atoms with van der Waals surface area (Å²) in [6.07, 6.45) is 6.37. The van der Waals surface area contributed by atoms with Gasteiger partial charge < -0.3 is 20.0 Å². The normalized spacial score (nSPS) is 22.7. The van der Waals surface area contributed by atoms with Crippen LogP contribution in [0.25, 0.3) is 0 Å². The van der Waals surface area contributed by atoms with E-state index in [1.807, 2.05) is 0 Å². The summed E-state index contributed by atoms with van der Waals surface area (Å²) in [4.78, 5) is 23.1. The molecule has 2 fully saturated rings. The van der Waals surface area contributed by atoms with Crippen molar-refractivity contribution in [3.05, 3.63) is 0 Å². The lowest BCUT2D eigenvalue weighted by Gasteiger charge is -2.29. The molecule has 1 N–H and O–H groups in total. The lowest BCUT2D eigenvalue weighted by molar-refractivity contribution is -0.127. The first-order valence-corrected chi connectivity index (χ1v) is 9.98. The highest BCUT2D eigenvalue weighted by Crippen LogP contribution is 2.20. The second kappa shape index (κ2) is 12.0. The number of aliphatic imine (C=N–C) groups is 1. The van der Waals surface area contributed by atoms with Crippen LogP contribution >= 0.6 is 24.0 Å². The number of hydrogen-bond acceptors (Lipinski definition) is 3. The third kappa shape index (κ3) is 7.58. The van der Waals surface area contributed by atoms with Crippen LogP contribution in [0.4, 0.5) is 0 Å². The molecule has 26 heavy (non-hydrogen) atoms. The van der Waals surface area contributed by atoms with Crippen molar-refractivity contribution in [1.82, 2.24) is 20.0 Å². The van der Waals surface area contributed by atoms with Crippen LogP contribution < -0.4 is 5.32 Å². The topological polar surface area (TPSA) is 51.2 Å². The van der Waals surface area contributed by atoms with E-state index in [9.17, 15) is 4.79 Å². The maximum absolute atomic E-state index is 11.9. The fourth-order valence-corrected chi connectivity index (χ4v) is 3.52. The molecule has 152 valence electrons. The van der Waals surface area contributed by atoms with Gasteiger partial charge in [-0.15, -0.1) is 24.0 Å². The summed E-state index contributed by atoms with van der Waals surface area (Å²) in [5, 5.41) is 3.52. The molecule has 0 radical (unpaired) electrons. The summed E-state index contributed by atoms with van der Waals surface area (Å²) in [5.41, 5.74) is 0. The highest BCUT2D eigenvalue weighted by atomic mass is 127. The Morgan fingerprint density at radius 1 is 1.23 bits per heavy atom. The number of carbonyl (C=O) groups excluding carboxylic acids is 1. The molecule has 2 heterocycles. The minimum Gasteiger partial charge on any atom is -0.354 e. The van der Waals surface area contributed by atoms with Crippen LogP contribution in [0.15, 0.2) is 4.99 Å². The van der Waals surface area contributed by atoms with Crippen LogP contribution in [0.5, 0.6) is 0 Å². The van der Waals surface area contributed by atoms with Crippen molar-refractivity contribution in [3.63, 3.8) is 0 Å². The van der Waals surface area contributed by atoms with Crippen molar-refractivity contribution in [3.8, 4) is 0 Å². The van der Waals surface area contributed by atoms with Gasteiger partial charge in [0.2, 0.25) is 5.91 Å². The lowest BCUT2D eigenvalue weighted by Crippen LogP contribution is -2.45. The Labute approximate surface area is 176 Å². The quantitative estimate of drug-likeness (QED) is 0.361. The molecule has 0 saturated carbocycles. The molecule has 2 aliphatic heterocycles. The number of hydrogen-bond donors (Lipinski definition) is 1. The fraction of sp³-hybridized carbons (Fsp3) is 0.895. The average molecular weight is 479 g/mol. The van der Waals surface area contributed by atoms with Crippen molar-refractivity contribution in [2.75, 3.05) is 53.4 Å². The van der Waals surface area contributed by atoms with Crippen LogP contribution in [0.2, 0.25) is 0 Å². The second-order valence-electron chi connectivity index (χ2n) is 7.84. The molecule has 2 saturated heterocycles. The summed E-state index contributed by atoms with van der Waals surface area (Å²) in [7, 11) is 3.56. The molecule has 2 unspecified atom stereocenters. The maximum atomic E-state index is 11.9. The zero-order valence-electron chi connectivity index (χ0n) is 17.0. The molecule has 0 aromatic heterocycles. The SMILES string of the molecule is CCC(C)NC(=NCC(=O)N(C)C)N1CCC(CN2CCCCC2)C1.I. The van der Waals surface area contributed by atoms with Gasteiger partial charge in [0.25, 0.3) is 0 Å². The molecule has 2 rings (SSSR count). The molecule has 0 aromatic rings. The number of nitrogens with one attached hydrogen (secondary N) is 1. The van der Waals surface area contributed by atoms with E-state index >= 15 is 0 Å². The number of nitrogens with zero attached hydrogens (tertiary/aromatic N) is 4. The van der Waals surface area contributed by atoms with Gasteiger partial charge >= 0.3 is 0 Å². The van der Waals surface area contributed by atoms with Gasteiger partial charge in [-0.3, -0.25) is 4.79 Å². The van der Waals surface area contributed by atoms with E-state index in [1.165, 1.54) is 45.3 Å². The summed E-state index contributed by atoms with van der Waals surface area (Å²) in [6.45, 7) is 10.4. The number of carbonyl (C=O) groups is 1. The molecule has 0 bridgehead atoms. The minimum absolute atomic E-state index is 0. The van der Waals surface area contributed by atoms with Gasteiger partial charge in [-0.2, -0.15) is 0 Å². The third-order valence-corrected chi connectivity index (χ3v) is 5.40. The zero-order valence-corrected chi connectivity index (χ0v) is 19.4. The second-order valence-corrected chi connectivity index (χ2v) is 7.84. The van der Waals surface area contributed by atoms with Gasteiger partial charge in [-0.1, -0.05) is 13.3 Å². The molecule has 0 aromatic carbocycles. The monoisotopic (exact) mass is 479 g/mol. The van der Waals surface area contributed by atoms with Gasteiger partial charge in [-0.05, 0) is 51.6 Å². The zero-order chi connectivity index (χ0) is 18.2. The number of likely N-dealkylation sites (N-methyl/N-ethyl adjacent to an activating group) is 1. The lowest BCUT2D eigenvalue weighted by atomic mass is 10.1. The Kier molecular flexibility index (Phi) is 10.8. The summed E-state index contributed by atoms with van der Waals surface area (Å²) in [6, 6.07) is 0.370. The minimum atomic E-state index is 0. The van der Waals surface area contributed by atoms with Crippen LogP contribution in [-0.2, 0) is 4.79 Å². The molecule has 2 aliphatic rings. The van der Waals surface area contributed by atoms with Crippen LogP contribution in [0.1, 0.15) is 46.0 Å². The Hall–Kier alpha value is -0.570. The van der Waals surface area contributed by atoms with Gasteiger partial charge in [0.15, 0.2) is 5.96 Å². The van der Waals surface area contributed by atoms with E-state index in [1.54, 1.807) is 19.0 Å². The highest BCUT2D eigenvalue weighted by molar-refractivity contribution is 14.0. The van der Waals surface area contributed by atoms with E-state index in [2.05, 4.69) is 34.0 Å². The molecule has 0 aliphatic carbocycles. The first-order valence-electron chi connectivity index (χ1n) is 9.98. The van der Waals surface area contributed by atoms with E-state index in [4.69, 9.17) is 0 Å². The number of likely N-dealkylation sites (tertiary alicyclic amines) is 2. The number of amides is 1.